The molecule has 100 valence electrons. The van der Waals surface area contributed by atoms with Crippen molar-refractivity contribution in [3.63, 3.8) is 0 Å². The average molecular weight is 250 g/mol. The highest BCUT2D eigenvalue weighted by Crippen LogP contribution is 2.60. The number of fused-ring (bicyclic) bond motifs is 2. The summed E-state index contributed by atoms with van der Waals surface area (Å²) >= 11 is 0. The molecule has 0 N–H and O–H groups in total. The first-order chi connectivity index (χ1) is 8.42. The second-order valence-electron chi connectivity index (χ2n) is 6.49. The molecule has 1 atom stereocenters. The predicted molar refractivity (Wildman–Crippen MR) is 68.1 cm³/mol. The highest BCUT2D eigenvalue weighted by atomic mass is 16.7. The van der Waals surface area contributed by atoms with Crippen molar-refractivity contribution in [2.45, 2.75) is 52.2 Å². The highest BCUT2D eigenvalue weighted by Gasteiger charge is 2.61. The number of hydrogen-bond donors (Lipinski definition) is 0. The minimum Gasteiger partial charge on any atom is -0.347 e. The Hall–Kier alpha value is -0.670. The molecule has 2 aliphatic carbocycles. The van der Waals surface area contributed by atoms with Crippen LogP contribution in [0, 0.1) is 10.8 Å². The van der Waals surface area contributed by atoms with Crippen molar-refractivity contribution in [2.24, 2.45) is 10.8 Å². The Bertz CT molecular complexity index is 415. The van der Waals surface area contributed by atoms with Crippen LogP contribution >= 0.6 is 0 Å². The maximum atomic E-state index is 12.2. The number of Topliss-reactive ketones (excluding diaryl/α,β-unsaturated/α-hetero) is 1. The van der Waals surface area contributed by atoms with Gasteiger partial charge in [0.25, 0.3) is 0 Å². The van der Waals surface area contributed by atoms with Crippen LogP contribution in [0.2, 0.25) is 0 Å². The Morgan fingerprint density at radius 3 is 2.44 bits per heavy atom. The van der Waals surface area contributed by atoms with Crippen molar-refractivity contribution in [3.8, 4) is 0 Å². The smallest absolute Gasteiger partial charge is 0.177 e. The average Bonchev–Trinajstić information content (AvgIpc) is 2.78. The van der Waals surface area contributed by atoms with Crippen molar-refractivity contribution in [3.05, 3.63) is 11.6 Å². The van der Waals surface area contributed by atoms with Gasteiger partial charge in [0.05, 0.1) is 13.2 Å². The van der Waals surface area contributed by atoms with Gasteiger partial charge in [0.15, 0.2) is 5.79 Å². The maximum Gasteiger partial charge on any atom is 0.177 e. The zero-order valence-electron chi connectivity index (χ0n) is 11.5. The van der Waals surface area contributed by atoms with Gasteiger partial charge in [-0.1, -0.05) is 13.0 Å². The molecule has 1 unspecified atom stereocenters. The molecule has 1 heterocycles. The molecular formula is C15H22O3. The molecule has 3 rings (SSSR count). The molecule has 0 aromatic carbocycles. The molecule has 0 radical (unpaired) electrons. The normalized spacial score (nSPS) is 37.5. The van der Waals surface area contributed by atoms with Crippen molar-refractivity contribution < 1.29 is 14.3 Å². The SMILES string of the molecule is CC1(C)C(=O)CCC2(C)C1=CCCC21OCCO1. The third-order valence-electron chi connectivity index (χ3n) is 5.23. The molecule has 1 aliphatic heterocycles. The van der Waals surface area contributed by atoms with Gasteiger partial charge in [-0.25, -0.2) is 0 Å². The lowest BCUT2D eigenvalue weighted by Gasteiger charge is -2.54. The van der Waals surface area contributed by atoms with Crippen LogP contribution in [0.4, 0.5) is 0 Å². The fourth-order valence-electron chi connectivity index (χ4n) is 4.13. The molecule has 3 heteroatoms. The highest BCUT2D eigenvalue weighted by molar-refractivity contribution is 5.89. The van der Waals surface area contributed by atoms with E-state index in [1.165, 1.54) is 5.57 Å². The number of carbonyl (C=O) groups is 1. The fourth-order valence-corrected chi connectivity index (χ4v) is 4.13. The minimum absolute atomic E-state index is 0.140. The van der Waals surface area contributed by atoms with Crippen LogP contribution in [-0.2, 0) is 14.3 Å². The summed E-state index contributed by atoms with van der Waals surface area (Å²) in [5.74, 6) is -0.129. The zero-order valence-corrected chi connectivity index (χ0v) is 11.5. The number of allylic oxidation sites excluding steroid dienone is 1. The minimum atomic E-state index is -0.477. The Labute approximate surface area is 109 Å². The molecular weight excluding hydrogens is 228 g/mol. The van der Waals surface area contributed by atoms with Crippen molar-refractivity contribution in [1.82, 2.24) is 0 Å². The van der Waals surface area contributed by atoms with E-state index in [-0.39, 0.29) is 10.8 Å². The van der Waals surface area contributed by atoms with E-state index in [0.29, 0.717) is 25.4 Å². The third kappa shape index (κ3) is 1.35. The van der Waals surface area contributed by atoms with Crippen molar-refractivity contribution in [2.75, 3.05) is 13.2 Å². The molecule has 18 heavy (non-hydrogen) atoms. The van der Waals surface area contributed by atoms with Gasteiger partial charge in [0.1, 0.15) is 5.78 Å². The molecule has 1 saturated heterocycles. The second kappa shape index (κ2) is 3.67. The number of ether oxygens (including phenoxy) is 2. The molecule has 0 amide bonds. The molecule has 0 aromatic heterocycles. The van der Waals surface area contributed by atoms with Crippen LogP contribution in [0.15, 0.2) is 11.6 Å². The largest absolute Gasteiger partial charge is 0.347 e. The van der Waals surface area contributed by atoms with Gasteiger partial charge in [0.2, 0.25) is 0 Å². The Kier molecular flexibility index (Phi) is 2.52. The number of ketones is 1. The van der Waals surface area contributed by atoms with Crippen LogP contribution in [0.1, 0.15) is 46.5 Å². The Balaban J connectivity index is 2.09. The summed E-state index contributed by atoms with van der Waals surface area (Å²) in [5, 5.41) is 0. The van der Waals surface area contributed by atoms with E-state index in [1.54, 1.807) is 0 Å². The Morgan fingerprint density at radius 1 is 1.11 bits per heavy atom. The number of hydrogen-bond acceptors (Lipinski definition) is 3. The van der Waals surface area contributed by atoms with E-state index in [9.17, 15) is 4.79 Å². The summed E-state index contributed by atoms with van der Waals surface area (Å²) in [6.45, 7) is 7.67. The van der Waals surface area contributed by atoms with Gasteiger partial charge in [-0.05, 0) is 32.3 Å². The van der Waals surface area contributed by atoms with E-state index in [2.05, 4.69) is 13.0 Å². The fraction of sp³-hybridized carbons (Fsp3) is 0.800. The summed E-state index contributed by atoms with van der Waals surface area (Å²) in [4.78, 5) is 12.2. The quantitative estimate of drug-likeness (QED) is 0.620. The van der Waals surface area contributed by atoms with E-state index in [0.717, 1.165) is 19.3 Å². The number of carbonyl (C=O) groups excluding carboxylic acids is 1. The summed E-state index contributed by atoms with van der Waals surface area (Å²) in [7, 11) is 0. The van der Waals surface area contributed by atoms with Crippen molar-refractivity contribution >= 4 is 5.78 Å². The number of rotatable bonds is 0. The van der Waals surface area contributed by atoms with E-state index in [1.807, 2.05) is 13.8 Å². The zero-order chi connectivity index (χ0) is 13.0. The molecule has 0 aromatic rings. The summed E-state index contributed by atoms with van der Waals surface area (Å²) < 4.78 is 12.0. The summed E-state index contributed by atoms with van der Waals surface area (Å²) in [5.41, 5.74) is 0.730. The third-order valence-corrected chi connectivity index (χ3v) is 5.23. The van der Waals surface area contributed by atoms with Crippen LogP contribution in [0.5, 0.6) is 0 Å². The predicted octanol–water partition coefficient (Wildman–Crippen LogP) is 2.85. The molecule has 0 bridgehead atoms. The first-order valence-electron chi connectivity index (χ1n) is 6.95. The topological polar surface area (TPSA) is 35.5 Å². The molecule has 1 saturated carbocycles. The second-order valence-corrected chi connectivity index (χ2v) is 6.49. The van der Waals surface area contributed by atoms with Crippen LogP contribution in [-0.4, -0.2) is 24.8 Å². The summed E-state index contributed by atoms with van der Waals surface area (Å²) in [6.07, 6.45) is 5.60. The molecule has 1 spiro atoms. The molecule has 3 aliphatic rings. The van der Waals surface area contributed by atoms with Crippen LogP contribution in [0.3, 0.4) is 0 Å². The monoisotopic (exact) mass is 250 g/mol. The lowest BCUT2D eigenvalue weighted by molar-refractivity contribution is -0.237. The lowest BCUT2D eigenvalue weighted by atomic mass is 9.54. The van der Waals surface area contributed by atoms with Gasteiger partial charge in [-0.3, -0.25) is 4.79 Å². The maximum absolute atomic E-state index is 12.2. The van der Waals surface area contributed by atoms with Gasteiger partial charge in [-0.15, -0.1) is 0 Å². The summed E-state index contributed by atoms with van der Waals surface area (Å²) in [6, 6.07) is 0. The van der Waals surface area contributed by atoms with Gasteiger partial charge < -0.3 is 9.47 Å². The molecule has 3 nitrogen and oxygen atoms in total. The lowest BCUT2D eigenvalue weighted by Crippen LogP contribution is -2.56. The van der Waals surface area contributed by atoms with Crippen molar-refractivity contribution in [1.29, 1.82) is 0 Å². The Morgan fingerprint density at radius 2 is 1.78 bits per heavy atom. The van der Waals surface area contributed by atoms with E-state index in [4.69, 9.17) is 9.47 Å². The van der Waals surface area contributed by atoms with E-state index < -0.39 is 5.79 Å². The van der Waals surface area contributed by atoms with Crippen LogP contribution < -0.4 is 0 Å². The van der Waals surface area contributed by atoms with Crippen LogP contribution in [0.25, 0.3) is 0 Å². The van der Waals surface area contributed by atoms with Gasteiger partial charge >= 0.3 is 0 Å². The van der Waals surface area contributed by atoms with Gasteiger partial charge in [-0.2, -0.15) is 0 Å². The first kappa shape index (κ1) is 12.4. The van der Waals surface area contributed by atoms with Gasteiger partial charge in [0, 0.05) is 23.7 Å². The molecule has 2 fully saturated rings. The first-order valence-corrected chi connectivity index (χ1v) is 6.95. The standard InChI is InChI=1S/C15H22O3/c1-13(2)11-5-4-7-15(17-9-10-18-15)14(11,3)8-6-12(13)16/h5H,4,6-10H2,1-3H3. The van der Waals surface area contributed by atoms with E-state index >= 15 is 0 Å².